The summed E-state index contributed by atoms with van der Waals surface area (Å²) in [4.78, 5) is 11.0. The highest BCUT2D eigenvalue weighted by molar-refractivity contribution is 5.81. The summed E-state index contributed by atoms with van der Waals surface area (Å²) in [5.41, 5.74) is 4.00. The van der Waals surface area contributed by atoms with Gasteiger partial charge in [-0.2, -0.15) is 5.10 Å². The number of rotatable bonds is 3. The molecule has 0 unspecified atom stereocenters. The molecule has 0 aromatic carbocycles. The molecule has 0 spiro atoms. The van der Waals surface area contributed by atoms with Gasteiger partial charge in [-0.05, 0) is 42.6 Å². The van der Waals surface area contributed by atoms with Crippen molar-refractivity contribution in [1.82, 2.24) is 5.43 Å². The molecule has 3 rings (SSSR count). The smallest absolute Gasteiger partial charge is 0.427 e. The largest absolute Gasteiger partial charge is 0.449 e. The van der Waals surface area contributed by atoms with Crippen LogP contribution in [0.5, 0.6) is 0 Å². The van der Waals surface area contributed by atoms with Crippen LogP contribution in [0.4, 0.5) is 4.79 Å². The second-order valence-electron chi connectivity index (χ2n) is 5.34. The van der Waals surface area contributed by atoms with Crippen LogP contribution in [0, 0.1) is 17.3 Å². The lowest BCUT2D eigenvalue weighted by Crippen LogP contribution is -2.48. The third kappa shape index (κ3) is 2.21. The summed E-state index contributed by atoms with van der Waals surface area (Å²) in [5.74, 6) is 1.41. The molecule has 0 radical (unpaired) electrons. The maximum absolute atomic E-state index is 11.0. The predicted octanol–water partition coefficient (Wildman–Crippen LogP) is 2.71. The third-order valence-corrected chi connectivity index (χ3v) is 4.16. The maximum Gasteiger partial charge on any atom is 0.427 e. The minimum absolute atomic E-state index is 0.362. The van der Waals surface area contributed by atoms with Gasteiger partial charge in [0.25, 0.3) is 0 Å². The standard InChI is InChI=1S/C13H20N2O2/c1-4-17-12(16)15-14-8-9-5-6-10-7-11(9)13(10,2)3/h5,8,10-11H,4,6-7H2,1-3H3,(H,15,16)/b14-8-/t10-,11-/m1/s1. The first kappa shape index (κ1) is 12.1. The van der Waals surface area contributed by atoms with Gasteiger partial charge in [0.15, 0.2) is 0 Å². The molecule has 2 bridgehead atoms. The van der Waals surface area contributed by atoms with E-state index in [0.717, 1.165) is 12.3 Å². The molecule has 0 saturated heterocycles. The van der Waals surface area contributed by atoms with Crippen LogP contribution < -0.4 is 5.43 Å². The van der Waals surface area contributed by atoms with Gasteiger partial charge in [0.2, 0.25) is 0 Å². The molecular weight excluding hydrogens is 216 g/mol. The van der Waals surface area contributed by atoms with Crippen molar-refractivity contribution < 1.29 is 9.53 Å². The molecule has 4 nitrogen and oxygen atoms in total. The Morgan fingerprint density at radius 2 is 2.47 bits per heavy atom. The first-order chi connectivity index (χ1) is 8.05. The summed E-state index contributed by atoms with van der Waals surface area (Å²) >= 11 is 0. The van der Waals surface area contributed by atoms with Gasteiger partial charge in [0, 0.05) is 0 Å². The van der Waals surface area contributed by atoms with Gasteiger partial charge in [0.1, 0.15) is 0 Å². The van der Waals surface area contributed by atoms with Crippen LogP contribution >= 0.6 is 0 Å². The minimum Gasteiger partial charge on any atom is -0.449 e. The molecule has 0 aromatic rings. The average molecular weight is 236 g/mol. The Labute approximate surface area is 102 Å². The molecule has 3 aliphatic rings. The zero-order chi connectivity index (χ0) is 12.5. The van der Waals surface area contributed by atoms with Crippen LogP contribution in [-0.2, 0) is 4.74 Å². The van der Waals surface area contributed by atoms with Gasteiger partial charge < -0.3 is 4.74 Å². The predicted molar refractivity (Wildman–Crippen MR) is 66.7 cm³/mol. The number of nitrogens with zero attached hydrogens (tertiary/aromatic N) is 1. The molecule has 17 heavy (non-hydrogen) atoms. The van der Waals surface area contributed by atoms with Crippen molar-refractivity contribution in [3.8, 4) is 0 Å². The lowest BCUT2D eigenvalue weighted by Gasteiger charge is -2.55. The summed E-state index contributed by atoms with van der Waals surface area (Å²) in [5, 5.41) is 3.94. The Morgan fingerprint density at radius 3 is 3.06 bits per heavy atom. The Kier molecular flexibility index (Phi) is 3.22. The number of amides is 1. The second kappa shape index (κ2) is 4.51. The molecule has 2 atom stereocenters. The number of allylic oxidation sites excluding steroid dienone is 2. The van der Waals surface area contributed by atoms with Gasteiger partial charge in [0.05, 0.1) is 12.8 Å². The van der Waals surface area contributed by atoms with E-state index in [4.69, 9.17) is 4.74 Å². The molecule has 1 N–H and O–H groups in total. The molecule has 1 amide bonds. The van der Waals surface area contributed by atoms with Crippen LogP contribution in [0.3, 0.4) is 0 Å². The summed E-state index contributed by atoms with van der Waals surface area (Å²) in [6.07, 6.45) is 5.89. The van der Waals surface area contributed by atoms with Gasteiger partial charge in [-0.1, -0.05) is 19.9 Å². The Bertz CT molecular complexity index is 372. The fourth-order valence-electron chi connectivity index (χ4n) is 2.87. The quantitative estimate of drug-likeness (QED) is 0.605. The molecule has 0 heterocycles. The van der Waals surface area contributed by atoms with E-state index >= 15 is 0 Å². The lowest BCUT2D eigenvalue weighted by molar-refractivity contribution is -0.00126. The molecular formula is C13H20N2O2. The van der Waals surface area contributed by atoms with Crippen LogP contribution in [0.25, 0.3) is 0 Å². The van der Waals surface area contributed by atoms with E-state index in [1.54, 1.807) is 13.1 Å². The molecule has 3 aliphatic carbocycles. The lowest BCUT2D eigenvalue weighted by atomic mass is 9.49. The fraction of sp³-hybridized carbons (Fsp3) is 0.692. The summed E-state index contributed by atoms with van der Waals surface area (Å²) in [6.45, 7) is 6.75. The summed E-state index contributed by atoms with van der Waals surface area (Å²) < 4.78 is 4.73. The number of hydrogen-bond donors (Lipinski definition) is 1. The zero-order valence-electron chi connectivity index (χ0n) is 10.7. The van der Waals surface area contributed by atoms with Crippen molar-refractivity contribution in [2.45, 2.75) is 33.6 Å². The number of nitrogens with one attached hydrogen (secondary N) is 1. The van der Waals surface area contributed by atoms with Crippen LogP contribution in [0.2, 0.25) is 0 Å². The molecule has 1 saturated carbocycles. The summed E-state index contributed by atoms with van der Waals surface area (Å²) in [7, 11) is 0. The average Bonchev–Trinajstić information content (AvgIpc) is 2.29. The molecule has 0 aliphatic heterocycles. The first-order valence-corrected chi connectivity index (χ1v) is 6.21. The zero-order valence-corrected chi connectivity index (χ0v) is 10.7. The van der Waals surface area contributed by atoms with E-state index in [2.05, 4.69) is 30.5 Å². The highest BCUT2D eigenvalue weighted by Crippen LogP contribution is 2.58. The fourth-order valence-corrected chi connectivity index (χ4v) is 2.87. The van der Waals surface area contributed by atoms with Crippen molar-refractivity contribution in [3.05, 3.63) is 11.6 Å². The maximum atomic E-state index is 11.0. The monoisotopic (exact) mass is 236 g/mol. The van der Waals surface area contributed by atoms with E-state index in [-0.39, 0.29) is 0 Å². The van der Waals surface area contributed by atoms with Gasteiger partial charge in [-0.25, -0.2) is 10.2 Å². The Balaban J connectivity index is 1.90. The van der Waals surface area contributed by atoms with Crippen molar-refractivity contribution in [1.29, 1.82) is 0 Å². The van der Waals surface area contributed by atoms with E-state index in [9.17, 15) is 4.79 Å². The number of hydrazone groups is 1. The van der Waals surface area contributed by atoms with Crippen LogP contribution in [-0.4, -0.2) is 18.9 Å². The van der Waals surface area contributed by atoms with Gasteiger partial charge in [-0.15, -0.1) is 0 Å². The number of ether oxygens (including phenoxy) is 1. The first-order valence-electron chi connectivity index (χ1n) is 6.21. The Hall–Kier alpha value is -1.32. The second-order valence-corrected chi connectivity index (χ2v) is 5.34. The third-order valence-electron chi connectivity index (χ3n) is 4.16. The number of fused-ring (bicyclic) bond motifs is 1. The van der Waals surface area contributed by atoms with Crippen LogP contribution in [0.15, 0.2) is 16.8 Å². The van der Waals surface area contributed by atoms with Gasteiger partial charge >= 0.3 is 6.09 Å². The van der Waals surface area contributed by atoms with Crippen molar-refractivity contribution in [3.63, 3.8) is 0 Å². The Morgan fingerprint density at radius 1 is 1.71 bits per heavy atom. The van der Waals surface area contributed by atoms with Crippen molar-refractivity contribution in [2.75, 3.05) is 6.61 Å². The normalized spacial score (nSPS) is 29.5. The summed E-state index contributed by atoms with van der Waals surface area (Å²) in [6, 6.07) is 0. The number of hydrogen-bond acceptors (Lipinski definition) is 3. The van der Waals surface area contributed by atoms with Crippen molar-refractivity contribution in [2.24, 2.45) is 22.4 Å². The van der Waals surface area contributed by atoms with E-state index in [0.29, 0.717) is 17.9 Å². The molecule has 0 aromatic heterocycles. The van der Waals surface area contributed by atoms with Crippen LogP contribution in [0.1, 0.15) is 33.6 Å². The van der Waals surface area contributed by atoms with Crippen molar-refractivity contribution >= 4 is 12.3 Å². The topological polar surface area (TPSA) is 50.7 Å². The highest BCUT2D eigenvalue weighted by atomic mass is 16.5. The van der Waals surface area contributed by atoms with E-state index < -0.39 is 6.09 Å². The number of carbonyl (C=O) groups excluding carboxylic acids is 1. The molecule has 4 heteroatoms. The molecule has 1 fully saturated rings. The van der Waals surface area contributed by atoms with E-state index in [1.807, 2.05) is 0 Å². The SMILES string of the molecule is CCOC(=O)N/N=C\C1=CC[C@@H]2C[C@H]1C2(C)C. The minimum atomic E-state index is -0.495. The highest BCUT2D eigenvalue weighted by Gasteiger charge is 2.50. The molecule has 94 valence electrons. The van der Waals surface area contributed by atoms with Gasteiger partial charge in [-0.3, -0.25) is 0 Å². The number of carbonyl (C=O) groups is 1. The van der Waals surface area contributed by atoms with E-state index in [1.165, 1.54) is 12.0 Å².